The van der Waals surface area contributed by atoms with E-state index >= 15 is 0 Å². The van der Waals surface area contributed by atoms with Crippen molar-refractivity contribution in [1.82, 2.24) is 4.90 Å². The molecule has 124 valence electrons. The normalized spacial score (nSPS) is 25.9. The summed E-state index contributed by atoms with van der Waals surface area (Å²) in [6.45, 7) is 3.53. The van der Waals surface area contributed by atoms with Crippen LogP contribution in [0.2, 0.25) is 0 Å². The van der Waals surface area contributed by atoms with Crippen molar-refractivity contribution < 1.29 is 4.84 Å². The van der Waals surface area contributed by atoms with Gasteiger partial charge >= 0.3 is 0 Å². The third kappa shape index (κ3) is 2.43. The Kier molecular flexibility index (Phi) is 3.57. The van der Waals surface area contributed by atoms with Crippen molar-refractivity contribution in [2.45, 2.75) is 37.8 Å². The number of nitrogens with zero attached hydrogens (tertiary/aromatic N) is 2. The van der Waals surface area contributed by atoms with Crippen LogP contribution >= 0.6 is 0 Å². The van der Waals surface area contributed by atoms with Crippen LogP contribution in [-0.2, 0) is 11.3 Å². The standard InChI is InChI=1S/C21H24N2O/c1-3-9-19-16(7-1)13-17-8-2-4-10-20(17)23-21(19)14-18(24-23)15-22-11-5-6-12-22/h1-4,7-10,18,21H,5-6,11-15H2/t18-,21-/m1/s1. The minimum atomic E-state index is 0.298. The van der Waals surface area contributed by atoms with Gasteiger partial charge in [0.1, 0.15) is 6.10 Å². The van der Waals surface area contributed by atoms with Gasteiger partial charge in [-0.1, -0.05) is 42.5 Å². The molecular weight excluding hydrogens is 296 g/mol. The molecule has 0 unspecified atom stereocenters. The van der Waals surface area contributed by atoms with E-state index in [9.17, 15) is 0 Å². The minimum absolute atomic E-state index is 0.298. The fourth-order valence-electron chi connectivity index (χ4n) is 4.56. The molecule has 0 aromatic heterocycles. The third-order valence-corrected chi connectivity index (χ3v) is 5.72. The molecule has 0 saturated carbocycles. The monoisotopic (exact) mass is 320 g/mol. The molecule has 3 heteroatoms. The summed E-state index contributed by atoms with van der Waals surface area (Å²) >= 11 is 0. The van der Waals surface area contributed by atoms with Gasteiger partial charge in [-0.3, -0.25) is 4.84 Å². The summed E-state index contributed by atoms with van der Waals surface area (Å²) in [5, 5.41) is 2.21. The lowest BCUT2D eigenvalue weighted by atomic mass is 9.95. The highest BCUT2D eigenvalue weighted by atomic mass is 16.7. The molecule has 24 heavy (non-hydrogen) atoms. The molecule has 3 aliphatic rings. The Hall–Kier alpha value is -1.84. The Balaban J connectivity index is 1.51. The second-order valence-corrected chi connectivity index (χ2v) is 7.32. The Bertz CT molecular complexity index is 685. The Labute approximate surface area is 143 Å². The first-order valence-electron chi connectivity index (χ1n) is 9.22. The molecule has 2 aromatic rings. The summed E-state index contributed by atoms with van der Waals surface area (Å²) in [7, 11) is 0. The van der Waals surface area contributed by atoms with Crippen LogP contribution in [0.3, 0.4) is 0 Å². The largest absolute Gasteiger partial charge is 0.301 e. The summed E-state index contributed by atoms with van der Waals surface area (Å²) in [6.07, 6.45) is 5.06. The molecule has 0 aliphatic carbocycles. The third-order valence-electron chi connectivity index (χ3n) is 5.72. The van der Waals surface area contributed by atoms with Crippen LogP contribution in [0.4, 0.5) is 5.69 Å². The zero-order valence-corrected chi connectivity index (χ0v) is 14.0. The number of hydroxylamine groups is 1. The van der Waals surface area contributed by atoms with E-state index in [0.717, 1.165) is 19.4 Å². The van der Waals surface area contributed by atoms with E-state index in [1.807, 2.05) is 0 Å². The molecule has 2 atom stereocenters. The van der Waals surface area contributed by atoms with E-state index in [1.54, 1.807) is 0 Å². The maximum Gasteiger partial charge on any atom is 0.101 e. The number of rotatable bonds is 2. The molecule has 0 radical (unpaired) electrons. The maximum atomic E-state index is 6.48. The highest BCUT2D eigenvalue weighted by molar-refractivity contribution is 5.59. The first kappa shape index (κ1) is 14.5. The lowest BCUT2D eigenvalue weighted by Gasteiger charge is -2.25. The average molecular weight is 320 g/mol. The number of hydrogen-bond donors (Lipinski definition) is 0. The van der Waals surface area contributed by atoms with Crippen molar-refractivity contribution in [3.63, 3.8) is 0 Å². The molecule has 3 heterocycles. The van der Waals surface area contributed by atoms with Crippen LogP contribution in [0.1, 0.15) is 42.0 Å². The number of likely N-dealkylation sites (tertiary alicyclic amines) is 1. The zero-order chi connectivity index (χ0) is 15.9. The van der Waals surface area contributed by atoms with Crippen molar-refractivity contribution in [3.8, 4) is 0 Å². The molecule has 0 amide bonds. The lowest BCUT2D eigenvalue weighted by molar-refractivity contribution is 0.0592. The van der Waals surface area contributed by atoms with Crippen LogP contribution in [0.5, 0.6) is 0 Å². The van der Waals surface area contributed by atoms with E-state index in [0.29, 0.717) is 12.1 Å². The molecule has 2 saturated heterocycles. The van der Waals surface area contributed by atoms with Gasteiger partial charge in [-0.15, -0.1) is 0 Å². The summed E-state index contributed by atoms with van der Waals surface area (Å²) < 4.78 is 0. The van der Waals surface area contributed by atoms with Crippen LogP contribution < -0.4 is 5.06 Å². The summed E-state index contributed by atoms with van der Waals surface area (Å²) in [6, 6.07) is 18.0. The average Bonchev–Trinajstić information content (AvgIpc) is 3.24. The Morgan fingerprint density at radius 3 is 2.54 bits per heavy atom. The molecule has 0 spiro atoms. The second kappa shape index (κ2) is 5.91. The Morgan fingerprint density at radius 1 is 0.917 bits per heavy atom. The quantitative estimate of drug-likeness (QED) is 0.833. The van der Waals surface area contributed by atoms with Gasteiger partial charge in [0, 0.05) is 13.0 Å². The number of hydrogen-bond acceptors (Lipinski definition) is 3. The maximum absolute atomic E-state index is 6.48. The molecule has 2 fully saturated rings. The predicted octanol–water partition coefficient (Wildman–Crippen LogP) is 3.94. The van der Waals surface area contributed by atoms with Crippen LogP contribution in [0, 0.1) is 0 Å². The van der Waals surface area contributed by atoms with Crippen LogP contribution in [0.15, 0.2) is 48.5 Å². The van der Waals surface area contributed by atoms with E-state index in [1.165, 1.54) is 48.3 Å². The smallest absolute Gasteiger partial charge is 0.101 e. The van der Waals surface area contributed by atoms with Gasteiger partial charge in [0.25, 0.3) is 0 Å². The topological polar surface area (TPSA) is 15.7 Å². The molecule has 2 aromatic carbocycles. The number of anilines is 1. The van der Waals surface area contributed by atoms with Crippen LogP contribution in [-0.4, -0.2) is 30.6 Å². The zero-order valence-electron chi connectivity index (χ0n) is 14.0. The van der Waals surface area contributed by atoms with E-state index in [-0.39, 0.29) is 0 Å². The molecule has 5 rings (SSSR count). The predicted molar refractivity (Wildman–Crippen MR) is 96.1 cm³/mol. The van der Waals surface area contributed by atoms with Gasteiger partial charge in [0.05, 0.1) is 11.7 Å². The van der Waals surface area contributed by atoms with Crippen molar-refractivity contribution in [3.05, 3.63) is 65.2 Å². The SMILES string of the molecule is c1ccc2c(c1)Cc1ccccc1N1O[C@@H](CN3CCCC3)C[C@H]21. The highest BCUT2D eigenvalue weighted by Crippen LogP contribution is 2.44. The molecule has 3 aliphatic heterocycles. The minimum Gasteiger partial charge on any atom is -0.301 e. The highest BCUT2D eigenvalue weighted by Gasteiger charge is 2.39. The van der Waals surface area contributed by atoms with Gasteiger partial charge < -0.3 is 4.90 Å². The lowest BCUT2D eigenvalue weighted by Crippen LogP contribution is -2.31. The van der Waals surface area contributed by atoms with E-state index < -0.39 is 0 Å². The van der Waals surface area contributed by atoms with Gasteiger partial charge in [0.2, 0.25) is 0 Å². The van der Waals surface area contributed by atoms with Crippen molar-refractivity contribution in [2.75, 3.05) is 24.7 Å². The second-order valence-electron chi connectivity index (χ2n) is 7.32. The van der Waals surface area contributed by atoms with E-state index in [2.05, 4.69) is 58.5 Å². The molecular formula is C21H24N2O. The first-order chi connectivity index (χ1) is 11.9. The molecule has 0 N–H and O–H groups in total. The van der Waals surface area contributed by atoms with Gasteiger partial charge in [0.15, 0.2) is 0 Å². The molecule has 3 nitrogen and oxygen atoms in total. The van der Waals surface area contributed by atoms with Crippen molar-refractivity contribution >= 4 is 5.69 Å². The summed E-state index contributed by atoms with van der Waals surface area (Å²) in [5.74, 6) is 0. The Morgan fingerprint density at radius 2 is 1.67 bits per heavy atom. The summed E-state index contributed by atoms with van der Waals surface area (Å²) in [4.78, 5) is 9.05. The molecule has 0 bridgehead atoms. The van der Waals surface area contributed by atoms with E-state index in [4.69, 9.17) is 4.84 Å². The number of para-hydroxylation sites is 1. The fraction of sp³-hybridized carbons (Fsp3) is 0.429. The first-order valence-corrected chi connectivity index (χ1v) is 9.22. The number of benzene rings is 2. The van der Waals surface area contributed by atoms with Crippen LogP contribution in [0.25, 0.3) is 0 Å². The number of fused-ring (bicyclic) bond motifs is 5. The fourth-order valence-corrected chi connectivity index (χ4v) is 4.56. The van der Waals surface area contributed by atoms with Gasteiger partial charge in [-0.2, -0.15) is 0 Å². The summed E-state index contributed by atoms with van der Waals surface area (Å²) in [5.41, 5.74) is 5.51. The van der Waals surface area contributed by atoms with Gasteiger partial charge in [-0.05, 0) is 55.1 Å². The van der Waals surface area contributed by atoms with Crippen molar-refractivity contribution in [2.24, 2.45) is 0 Å². The van der Waals surface area contributed by atoms with Gasteiger partial charge in [-0.25, -0.2) is 5.06 Å². The van der Waals surface area contributed by atoms with Crippen molar-refractivity contribution in [1.29, 1.82) is 0 Å².